The zero-order valence-corrected chi connectivity index (χ0v) is 23.4. The Balaban J connectivity index is 1.33. The zero-order valence-electron chi connectivity index (χ0n) is 23.4. The molecule has 0 aliphatic carbocycles. The monoisotopic (exact) mass is 542 g/mol. The fourth-order valence-corrected chi connectivity index (χ4v) is 4.75. The van der Waals surface area contributed by atoms with Crippen molar-refractivity contribution in [1.29, 1.82) is 0 Å². The molecule has 2 unspecified atom stereocenters. The minimum absolute atomic E-state index is 0.267. The predicted molar refractivity (Wildman–Crippen MR) is 156 cm³/mol. The SMILES string of the molecule is C=C1CC(C(CCCCCCCC)Oc2ccc(C(=O)Oc3ccc(-c4ccc(OC)cc4)cc3)cc2)OC1=O. The Hall–Kier alpha value is -4.06. The van der Waals surface area contributed by atoms with Gasteiger partial charge in [-0.3, -0.25) is 0 Å². The smallest absolute Gasteiger partial charge is 0.343 e. The number of rotatable bonds is 14. The highest BCUT2D eigenvalue weighted by Gasteiger charge is 2.35. The first kappa shape index (κ1) is 28.9. The van der Waals surface area contributed by atoms with Crippen molar-refractivity contribution in [3.63, 3.8) is 0 Å². The third-order valence-corrected chi connectivity index (χ3v) is 7.12. The van der Waals surface area contributed by atoms with Crippen LogP contribution in [0, 0.1) is 0 Å². The maximum atomic E-state index is 12.8. The van der Waals surface area contributed by atoms with Gasteiger partial charge in [-0.15, -0.1) is 0 Å². The van der Waals surface area contributed by atoms with Gasteiger partial charge < -0.3 is 18.9 Å². The fraction of sp³-hybridized carbons (Fsp3) is 0.353. The molecule has 210 valence electrons. The summed E-state index contributed by atoms with van der Waals surface area (Å²) in [5, 5.41) is 0. The molecule has 0 aromatic heterocycles. The summed E-state index contributed by atoms with van der Waals surface area (Å²) in [6.07, 6.45) is 7.66. The quantitative estimate of drug-likeness (QED) is 0.0891. The van der Waals surface area contributed by atoms with Gasteiger partial charge in [0.1, 0.15) is 29.5 Å². The fourth-order valence-electron chi connectivity index (χ4n) is 4.75. The van der Waals surface area contributed by atoms with Crippen LogP contribution in [0.4, 0.5) is 0 Å². The summed E-state index contributed by atoms with van der Waals surface area (Å²) in [4.78, 5) is 24.7. The molecule has 1 fully saturated rings. The summed E-state index contributed by atoms with van der Waals surface area (Å²) in [5.74, 6) is 1.08. The molecule has 1 aliphatic heterocycles. The number of carbonyl (C=O) groups excluding carboxylic acids is 2. The summed E-state index contributed by atoms with van der Waals surface area (Å²) in [6.45, 7) is 6.02. The van der Waals surface area contributed by atoms with Gasteiger partial charge in [0.05, 0.1) is 12.7 Å². The number of hydrogen-bond acceptors (Lipinski definition) is 6. The zero-order chi connectivity index (χ0) is 28.3. The molecule has 1 aliphatic rings. The van der Waals surface area contributed by atoms with Crippen molar-refractivity contribution in [2.75, 3.05) is 7.11 Å². The second kappa shape index (κ2) is 14.4. The highest BCUT2D eigenvalue weighted by atomic mass is 16.6. The van der Waals surface area contributed by atoms with Crippen LogP contribution in [0.3, 0.4) is 0 Å². The average molecular weight is 543 g/mol. The first-order valence-electron chi connectivity index (χ1n) is 14.1. The molecule has 0 N–H and O–H groups in total. The van der Waals surface area contributed by atoms with Crippen molar-refractivity contribution < 1.29 is 28.5 Å². The van der Waals surface area contributed by atoms with Crippen molar-refractivity contribution >= 4 is 11.9 Å². The number of unbranched alkanes of at least 4 members (excludes halogenated alkanes) is 5. The van der Waals surface area contributed by atoms with Gasteiger partial charge in [0.15, 0.2) is 0 Å². The Morgan fingerprint density at radius 3 is 2.00 bits per heavy atom. The molecule has 6 nitrogen and oxygen atoms in total. The normalized spacial score (nSPS) is 15.4. The summed E-state index contributed by atoms with van der Waals surface area (Å²) in [7, 11) is 1.64. The number of hydrogen-bond donors (Lipinski definition) is 0. The van der Waals surface area contributed by atoms with Gasteiger partial charge in [-0.25, -0.2) is 9.59 Å². The molecule has 0 radical (unpaired) electrons. The maximum absolute atomic E-state index is 12.8. The number of benzene rings is 3. The van der Waals surface area contributed by atoms with Crippen molar-refractivity contribution in [1.82, 2.24) is 0 Å². The Morgan fingerprint density at radius 1 is 0.850 bits per heavy atom. The minimum atomic E-state index is -0.451. The lowest BCUT2D eigenvalue weighted by Crippen LogP contribution is -2.31. The molecule has 0 saturated carbocycles. The predicted octanol–water partition coefficient (Wildman–Crippen LogP) is 7.95. The van der Waals surface area contributed by atoms with Gasteiger partial charge in [0.25, 0.3) is 0 Å². The number of ether oxygens (including phenoxy) is 4. The van der Waals surface area contributed by atoms with Crippen molar-refractivity contribution in [3.05, 3.63) is 90.5 Å². The molecule has 0 amide bonds. The van der Waals surface area contributed by atoms with Crippen molar-refractivity contribution in [2.45, 2.75) is 70.5 Å². The number of carbonyl (C=O) groups is 2. The van der Waals surface area contributed by atoms with Crippen LogP contribution in [0.2, 0.25) is 0 Å². The molecule has 3 aromatic rings. The first-order valence-corrected chi connectivity index (χ1v) is 14.1. The Labute approximate surface area is 236 Å². The summed E-state index contributed by atoms with van der Waals surface area (Å²) < 4.78 is 22.6. The molecule has 4 rings (SSSR count). The standard InChI is InChI=1S/C34H38O6/c1-4-5-6-7-8-9-10-31(32-23-24(2)33(35)40-32)38-29-21-15-27(16-22-29)34(36)39-30-19-13-26(14-20-30)25-11-17-28(37-3)18-12-25/h11-22,31-32H,2,4-10,23H2,1,3H3. The maximum Gasteiger partial charge on any atom is 0.343 e. The van der Waals surface area contributed by atoms with Crippen LogP contribution in [0.1, 0.15) is 68.6 Å². The summed E-state index contributed by atoms with van der Waals surface area (Å²) in [6, 6.07) is 22.0. The topological polar surface area (TPSA) is 71.1 Å². The van der Waals surface area contributed by atoms with Crippen LogP contribution in [0.25, 0.3) is 11.1 Å². The number of cyclic esters (lactones) is 1. The lowest BCUT2D eigenvalue weighted by molar-refractivity contribution is -0.142. The van der Waals surface area contributed by atoms with Gasteiger partial charge in [-0.2, -0.15) is 0 Å². The lowest BCUT2D eigenvalue weighted by Gasteiger charge is -2.24. The van der Waals surface area contributed by atoms with Crippen LogP contribution < -0.4 is 14.2 Å². The molecule has 3 aromatic carbocycles. The lowest BCUT2D eigenvalue weighted by atomic mass is 10.0. The van der Waals surface area contributed by atoms with Crippen LogP contribution in [0.5, 0.6) is 17.2 Å². The van der Waals surface area contributed by atoms with Gasteiger partial charge in [0.2, 0.25) is 0 Å². The Morgan fingerprint density at radius 2 is 1.43 bits per heavy atom. The number of esters is 2. The molecular weight excluding hydrogens is 504 g/mol. The average Bonchev–Trinajstić information content (AvgIpc) is 3.32. The second-order valence-corrected chi connectivity index (χ2v) is 10.1. The van der Waals surface area contributed by atoms with Crippen LogP contribution in [-0.2, 0) is 9.53 Å². The third kappa shape index (κ3) is 7.98. The van der Waals surface area contributed by atoms with E-state index in [4.69, 9.17) is 18.9 Å². The van der Waals surface area contributed by atoms with Crippen molar-refractivity contribution in [3.8, 4) is 28.4 Å². The van der Waals surface area contributed by atoms with E-state index in [0.29, 0.717) is 29.1 Å². The molecule has 40 heavy (non-hydrogen) atoms. The van der Waals surface area contributed by atoms with Gasteiger partial charge in [-0.05, 0) is 72.5 Å². The van der Waals surface area contributed by atoms with E-state index in [1.165, 1.54) is 25.7 Å². The van der Waals surface area contributed by atoms with Crippen LogP contribution in [0.15, 0.2) is 84.9 Å². The third-order valence-electron chi connectivity index (χ3n) is 7.12. The Bertz CT molecular complexity index is 1250. The van der Waals surface area contributed by atoms with E-state index in [0.717, 1.165) is 36.1 Å². The first-order chi connectivity index (χ1) is 19.5. The van der Waals surface area contributed by atoms with E-state index < -0.39 is 5.97 Å². The van der Waals surface area contributed by atoms with E-state index in [2.05, 4.69) is 13.5 Å². The van der Waals surface area contributed by atoms with E-state index in [1.807, 2.05) is 36.4 Å². The molecule has 0 bridgehead atoms. The summed E-state index contributed by atoms with van der Waals surface area (Å²) in [5.41, 5.74) is 2.95. The minimum Gasteiger partial charge on any atom is -0.497 e. The molecule has 6 heteroatoms. The molecule has 1 saturated heterocycles. The van der Waals surface area contributed by atoms with Crippen LogP contribution in [-0.4, -0.2) is 31.3 Å². The highest BCUT2D eigenvalue weighted by Crippen LogP contribution is 2.29. The van der Waals surface area contributed by atoms with Gasteiger partial charge in [-0.1, -0.05) is 69.9 Å². The number of methoxy groups -OCH3 is 1. The molecule has 2 atom stereocenters. The summed E-state index contributed by atoms with van der Waals surface area (Å²) >= 11 is 0. The van der Waals surface area contributed by atoms with Crippen molar-refractivity contribution in [2.24, 2.45) is 0 Å². The van der Waals surface area contributed by atoms with Gasteiger partial charge >= 0.3 is 11.9 Å². The molecule has 1 heterocycles. The molecule has 0 spiro atoms. The highest BCUT2D eigenvalue weighted by molar-refractivity contribution is 5.91. The van der Waals surface area contributed by atoms with Crippen LogP contribution >= 0.6 is 0 Å². The molecular formula is C34H38O6. The Kier molecular flexibility index (Phi) is 10.4. The van der Waals surface area contributed by atoms with Gasteiger partial charge in [0, 0.05) is 12.0 Å². The second-order valence-electron chi connectivity index (χ2n) is 10.1. The van der Waals surface area contributed by atoms with E-state index >= 15 is 0 Å². The largest absolute Gasteiger partial charge is 0.497 e. The van der Waals surface area contributed by atoms with E-state index in [9.17, 15) is 9.59 Å². The van der Waals surface area contributed by atoms with E-state index in [1.54, 1.807) is 43.5 Å². The van der Waals surface area contributed by atoms with E-state index in [-0.39, 0.29) is 18.2 Å².